The molecule has 1 N–H and O–H groups in total. The highest BCUT2D eigenvalue weighted by Gasteiger charge is 2.27. The standard InChI is InChI=1S/C20H26N2O3S/c23-19(16-21-14-8-3-9-15-21)17-22(18-10-4-1-5-11-18)26(24,25)20-12-6-2-7-13-20/h1-2,4-7,10-13,19,23H,3,8-9,14-17H2/t19-/m1/s1. The van der Waals surface area contributed by atoms with Crippen LogP contribution in [0.2, 0.25) is 0 Å². The minimum Gasteiger partial charge on any atom is -0.390 e. The number of nitrogens with zero attached hydrogens (tertiary/aromatic N) is 2. The van der Waals surface area contributed by atoms with Gasteiger partial charge in [-0.3, -0.25) is 4.31 Å². The SMILES string of the molecule is O=S(=O)(c1ccccc1)N(C[C@H](O)CN1CCCCC1)c1ccccc1. The minimum atomic E-state index is -3.74. The van der Waals surface area contributed by atoms with Gasteiger partial charge in [-0.15, -0.1) is 0 Å². The van der Waals surface area contributed by atoms with Crippen LogP contribution in [0, 0.1) is 0 Å². The summed E-state index contributed by atoms with van der Waals surface area (Å²) in [6, 6.07) is 17.4. The van der Waals surface area contributed by atoms with Crippen molar-refractivity contribution in [1.82, 2.24) is 4.90 Å². The molecule has 5 nitrogen and oxygen atoms in total. The van der Waals surface area contributed by atoms with Gasteiger partial charge in [0.1, 0.15) is 0 Å². The van der Waals surface area contributed by atoms with Crippen molar-refractivity contribution in [2.45, 2.75) is 30.3 Å². The highest BCUT2D eigenvalue weighted by molar-refractivity contribution is 7.92. The molecule has 1 aliphatic heterocycles. The highest BCUT2D eigenvalue weighted by atomic mass is 32.2. The van der Waals surface area contributed by atoms with E-state index in [0.717, 1.165) is 25.9 Å². The number of piperidine rings is 1. The molecule has 1 atom stereocenters. The number of anilines is 1. The molecule has 0 radical (unpaired) electrons. The maximum absolute atomic E-state index is 13.2. The number of likely N-dealkylation sites (tertiary alicyclic amines) is 1. The summed E-state index contributed by atoms with van der Waals surface area (Å²) in [6.45, 7) is 2.47. The topological polar surface area (TPSA) is 60.9 Å². The number of aliphatic hydroxyl groups is 1. The Kier molecular flexibility index (Phi) is 6.29. The molecule has 0 saturated carbocycles. The van der Waals surface area contributed by atoms with Gasteiger partial charge in [-0.1, -0.05) is 42.8 Å². The Labute approximate surface area is 155 Å². The van der Waals surface area contributed by atoms with Gasteiger partial charge in [0.05, 0.1) is 23.2 Å². The second-order valence-electron chi connectivity index (χ2n) is 6.70. The Morgan fingerprint density at radius 3 is 2.12 bits per heavy atom. The third kappa shape index (κ3) is 4.63. The van der Waals surface area contributed by atoms with Gasteiger partial charge in [0.15, 0.2) is 0 Å². The molecular weight excluding hydrogens is 348 g/mol. The Balaban J connectivity index is 1.82. The van der Waals surface area contributed by atoms with Crippen molar-refractivity contribution in [2.75, 3.05) is 30.5 Å². The number of hydrogen-bond acceptors (Lipinski definition) is 4. The van der Waals surface area contributed by atoms with Crippen LogP contribution in [0.3, 0.4) is 0 Å². The average Bonchev–Trinajstić information content (AvgIpc) is 2.68. The number of aliphatic hydroxyl groups excluding tert-OH is 1. The molecule has 3 rings (SSSR count). The van der Waals surface area contributed by atoms with Crippen molar-refractivity contribution in [3.05, 3.63) is 60.7 Å². The Morgan fingerprint density at radius 2 is 1.50 bits per heavy atom. The summed E-state index contributed by atoms with van der Waals surface area (Å²) >= 11 is 0. The molecule has 1 heterocycles. The van der Waals surface area contributed by atoms with Crippen molar-refractivity contribution in [3.8, 4) is 0 Å². The Hall–Kier alpha value is -1.89. The van der Waals surface area contributed by atoms with Crippen molar-refractivity contribution in [2.24, 2.45) is 0 Å². The van der Waals surface area contributed by atoms with Crippen LogP contribution in [0.15, 0.2) is 65.6 Å². The van der Waals surface area contributed by atoms with E-state index in [-0.39, 0.29) is 11.4 Å². The summed E-state index contributed by atoms with van der Waals surface area (Å²) in [5, 5.41) is 10.6. The molecule has 6 heteroatoms. The number of hydrogen-bond donors (Lipinski definition) is 1. The lowest BCUT2D eigenvalue weighted by Gasteiger charge is -2.31. The quantitative estimate of drug-likeness (QED) is 0.810. The summed E-state index contributed by atoms with van der Waals surface area (Å²) in [5.74, 6) is 0. The summed E-state index contributed by atoms with van der Waals surface area (Å²) in [5.41, 5.74) is 0.564. The van der Waals surface area contributed by atoms with Crippen LogP contribution in [0.5, 0.6) is 0 Å². The summed E-state index contributed by atoms with van der Waals surface area (Å²) in [7, 11) is -3.74. The van der Waals surface area contributed by atoms with E-state index in [9.17, 15) is 13.5 Å². The van der Waals surface area contributed by atoms with Gasteiger partial charge in [0.25, 0.3) is 10.0 Å². The maximum atomic E-state index is 13.2. The first-order valence-corrected chi connectivity index (χ1v) is 10.5. The Morgan fingerprint density at radius 1 is 0.923 bits per heavy atom. The van der Waals surface area contributed by atoms with Gasteiger partial charge in [0, 0.05) is 6.54 Å². The zero-order valence-electron chi connectivity index (χ0n) is 14.9. The molecule has 2 aromatic rings. The fraction of sp³-hybridized carbons (Fsp3) is 0.400. The zero-order chi connectivity index (χ0) is 18.4. The second kappa shape index (κ2) is 8.66. The lowest BCUT2D eigenvalue weighted by Crippen LogP contribution is -2.44. The third-order valence-corrected chi connectivity index (χ3v) is 6.48. The average molecular weight is 375 g/mol. The lowest BCUT2D eigenvalue weighted by atomic mass is 10.1. The first-order chi connectivity index (χ1) is 12.6. The predicted molar refractivity (Wildman–Crippen MR) is 104 cm³/mol. The van der Waals surface area contributed by atoms with E-state index in [1.807, 2.05) is 6.07 Å². The minimum absolute atomic E-state index is 0.0394. The van der Waals surface area contributed by atoms with Crippen LogP contribution >= 0.6 is 0 Å². The van der Waals surface area contributed by atoms with Crippen LogP contribution in [-0.2, 0) is 10.0 Å². The van der Waals surface area contributed by atoms with Gasteiger partial charge in [0.2, 0.25) is 0 Å². The van der Waals surface area contributed by atoms with Crippen molar-refractivity contribution in [3.63, 3.8) is 0 Å². The molecule has 0 bridgehead atoms. The van der Waals surface area contributed by atoms with E-state index in [1.54, 1.807) is 54.6 Å². The Bertz CT molecular complexity index is 775. The van der Waals surface area contributed by atoms with Gasteiger partial charge in [-0.05, 0) is 50.2 Å². The molecule has 140 valence electrons. The van der Waals surface area contributed by atoms with E-state index in [0.29, 0.717) is 12.2 Å². The third-order valence-electron chi connectivity index (χ3n) is 4.67. The number of sulfonamides is 1. The smallest absolute Gasteiger partial charge is 0.264 e. The fourth-order valence-corrected chi connectivity index (χ4v) is 4.87. The predicted octanol–water partition coefficient (Wildman–Crippen LogP) is 2.73. The number of benzene rings is 2. The molecule has 0 aromatic heterocycles. The molecule has 1 saturated heterocycles. The molecule has 0 aliphatic carbocycles. The van der Waals surface area contributed by atoms with E-state index in [4.69, 9.17) is 0 Å². The van der Waals surface area contributed by atoms with Crippen molar-refractivity contribution >= 4 is 15.7 Å². The number of β-amino-alcohol motifs (C(OH)–C–C–N with tert-alkyl or cyclic N) is 1. The molecule has 0 amide bonds. The fourth-order valence-electron chi connectivity index (χ4n) is 3.35. The van der Waals surface area contributed by atoms with Gasteiger partial charge in [-0.25, -0.2) is 8.42 Å². The van der Waals surface area contributed by atoms with Crippen LogP contribution in [0.1, 0.15) is 19.3 Å². The van der Waals surface area contributed by atoms with Gasteiger partial charge in [-0.2, -0.15) is 0 Å². The lowest BCUT2D eigenvalue weighted by molar-refractivity contribution is 0.107. The summed E-state index contributed by atoms with van der Waals surface area (Å²) in [4.78, 5) is 2.45. The van der Waals surface area contributed by atoms with Crippen LogP contribution in [0.4, 0.5) is 5.69 Å². The second-order valence-corrected chi connectivity index (χ2v) is 8.56. The highest BCUT2D eigenvalue weighted by Crippen LogP contribution is 2.24. The van der Waals surface area contributed by atoms with Crippen LogP contribution < -0.4 is 4.31 Å². The molecule has 1 fully saturated rings. The van der Waals surface area contributed by atoms with E-state index < -0.39 is 16.1 Å². The van der Waals surface area contributed by atoms with Gasteiger partial charge >= 0.3 is 0 Å². The molecular formula is C20H26N2O3S. The van der Waals surface area contributed by atoms with Gasteiger partial charge < -0.3 is 10.0 Å². The zero-order valence-corrected chi connectivity index (χ0v) is 15.7. The summed E-state index contributed by atoms with van der Waals surface area (Å²) < 4.78 is 27.6. The van der Waals surface area contributed by atoms with E-state index in [2.05, 4.69) is 4.90 Å². The molecule has 0 spiro atoms. The number of para-hydroxylation sites is 1. The van der Waals surface area contributed by atoms with Crippen LogP contribution in [-0.4, -0.2) is 50.7 Å². The summed E-state index contributed by atoms with van der Waals surface area (Å²) in [6.07, 6.45) is 2.76. The normalized spacial score (nSPS) is 17.0. The molecule has 1 aliphatic rings. The first-order valence-electron chi connectivity index (χ1n) is 9.10. The van der Waals surface area contributed by atoms with E-state index in [1.165, 1.54) is 10.7 Å². The molecule has 0 unspecified atom stereocenters. The largest absolute Gasteiger partial charge is 0.390 e. The monoisotopic (exact) mass is 374 g/mol. The molecule has 26 heavy (non-hydrogen) atoms. The van der Waals surface area contributed by atoms with Crippen molar-refractivity contribution in [1.29, 1.82) is 0 Å². The molecule has 2 aromatic carbocycles. The van der Waals surface area contributed by atoms with Crippen molar-refractivity contribution < 1.29 is 13.5 Å². The number of rotatable bonds is 7. The van der Waals surface area contributed by atoms with Crippen LogP contribution in [0.25, 0.3) is 0 Å². The van der Waals surface area contributed by atoms with E-state index >= 15 is 0 Å². The maximum Gasteiger partial charge on any atom is 0.264 e. The first kappa shape index (κ1) is 18.9.